The summed E-state index contributed by atoms with van der Waals surface area (Å²) in [5.74, 6) is 0.956. The van der Waals surface area contributed by atoms with Crippen LogP contribution in [0.5, 0.6) is 0 Å². The number of fused-ring (bicyclic) bond motifs is 1. The van der Waals surface area contributed by atoms with Crippen LogP contribution in [-0.2, 0) is 12.8 Å². The highest BCUT2D eigenvalue weighted by molar-refractivity contribution is 5.85. The van der Waals surface area contributed by atoms with Crippen molar-refractivity contribution < 1.29 is 0 Å². The maximum absolute atomic E-state index is 5.51. The van der Waals surface area contributed by atoms with E-state index in [-0.39, 0.29) is 12.4 Å². The second-order valence-corrected chi connectivity index (χ2v) is 3.61. The number of nitrogens with two attached hydrogens (primary N) is 2. The van der Waals surface area contributed by atoms with Gasteiger partial charge in [-0.1, -0.05) is 6.07 Å². The van der Waals surface area contributed by atoms with Crippen molar-refractivity contribution in [2.24, 2.45) is 11.5 Å². The van der Waals surface area contributed by atoms with Gasteiger partial charge in [0.25, 0.3) is 0 Å². The molecule has 0 bridgehead atoms. The number of nitrogens with zero attached hydrogens (tertiary/aromatic N) is 1. The van der Waals surface area contributed by atoms with Crippen molar-refractivity contribution in [1.29, 1.82) is 0 Å². The molecule has 5 N–H and O–H groups in total. The lowest BCUT2D eigenvalue weighted by atomic mass is 10.1. The number of aromatic amines is 1. The topological polar surface area (TPSA) is 80.7 Å². The number of hydrogen-bond acceptors (Lipinski definition) is 3. The number of benzene rings is 1. The zero-order valence-electron chi connectivity index (χ0n) is 9.07. The van der Waals surface area contributed by atoms with Crippen molar-refractivity contribution in [1.82, 2.24) is 9.97 Å². The zero-order valence-corrected chi connectivity index (χ0v) is 9.89. The molecule has 0 spiro atoms. The molecule has 0 aliphatic heterocycles. The highest BCUT2D eigenvalue weighted by Gasteiger charge is 2.02. The van der Waals surface area contributed by atoms with Crippen LogP contribution < -0.4 is 11.5 Å². The van der Waals surface area contributed by atoms with Gasteiger partial charge in [-0.25, -0.2) is 4.98 Å². The monoisotopic (exact) mass is 240 g/mol. The Bertz CT molecular complexity index is 448. The van der Waals surface area contributed by atoms with E-state index in [1.807, 2.05) is 6.07 Å². The first-order valence-corrected chi connectivity index (χ1v) is 5.21. The molecular formula is C11H17ClN4. The molecule has 1 aromatic heterocycles. The van der Waals surface area contributed by atoms with E-state index in [1.165, 1.54) is 5.56 Å². The number of nitrogens with one attached hydrogen (secondary N) is 1. The van der Waals surface area contributed by atoms with Gasteiger partial charge in [0.1, 0.15) is 5.82 Å². The van der Waals surface area contributed by atoms with Gasteiger partial charge in [0, 0.05) is 6.42 Å². The summed E-state index contributed by atoms with van der Waals surface area (Å²) < 4.78 is 0. The molecule has 88 valence electrons. The Labute approximate surface area is 101 Å². The predicted octanol–water partition coefficient (Wildman–Crippen LogP) is 0.987. The van der Waals surface area contributed by atoms with Crippen LogP contribution in [0.25, 0.3) is 11.0 Å². The molecule has 5 heteroatoms. The van der Waals surface area contributed by atoms with Crippen molar-refractivity contribution in [2.75, 3.05) is 13.1 Å². The molecule has 1 heterocycles. The maximum Gasteiger partial charge on any atom is 0.108 e. The third-order valence-corrected chi connectivity index (χ3v) is 2.41. The maximum atomic E-state index is 5.51. The van der Waals surface area contributed by atoms with Gasteiger partial charge >= 0.3 is 0 Å². The van der Waals surface area contributed by atoms with E-state index in [2.05, 4.69) is 22.1 Å². The minimum absolute atomic E-state index is 0. The molecule has 4 nitrogen and oxygen atoms in total. The molecule has 1 aromatic carbocycles. The first kappa shape index (κ1) is 13.0. The Kier molecular flexibility index (Phi) is 4.73. The summed E-state index contributed by atoms with van der Waals surface area (Å²) >= 11 is 0. The Morgan fingerprint density at radius 3 is 2.56 bits per heavy atom. The third kappa shape index (κ3) is 2.72. The quantitative estimate of drug-likeness (QED) is 0.746. The van der Waals surface area contributed by atoms with Crippen LogP contribution in [0.1, 0.15) is 11.4 Å². The average molecular weight is 241 g/mol. The van der Waals surface area contributed by atoms with E-state index in [0.29, 0.717) is 13.1 Å². The SMILES string of the molecule is Cl.NCCc1ccc2[nH]c(CCN)nc2c1. The van der Waals surface area contributed by atoms with Crippen molar-refractivity contribution in [3.63, 3.8) is 0 Å². The van der Waals surface area contributed by atoms with Gasteiger partial charge in [-0.05, 0) is 37.2 Å². The lowest BCUT2D eigenvalue weighted by Gasteiger charge is -1.96. The molecule has 0 saturated carbocycles. The lowest BCUT2D eigenvalue weighted by Crippen LogP contribution is -2.03. The number of H-pyrrole nitrogens is 1. The third-order valence-electron chi connectivity index (χ3n) is 2.41. The van der Waals surface area contributed by atoms with Crippen LogP contribution in [-0.4, -0.2) is 23.1 Å². The Hall–Kier alpha value is -1.10. The fraction of sp³-hybridized carbons (Fsp3) is 0.364. The first-order chi connectivity index (χ1) is 7.33. The molecule has 0 saturated heterocycles. The van der Waals surface area contributed by atoms with Crippen LogP contribution in [0.15, 0.2) is 18.2 Å². The van der Waals surface area contributed by atoms with Crippen LogP contribution >= 0.6 is 12.4 Å². The molecule has 0 fully saturated rings. The first-order valence-electron chi connectivity index (χ1n) is 5.21. The summed E-state index contributed by atoms with van der Waals surface area (Å²) in [6.07, 6.45) is 1.69. The zero-order chi connectivity index (χ0) is 10.7. The molecule has 2 rings (SSSR count). The van der Waals surface area contributed by atoms with E-state index in [0.717, 1.165) is 29.7 Å². The highest BCUT2D eigenvalue weighted by Crippen LogP contribution is 2.14. The van der Waals surface area contributed by atoms with Crippen molar-refractivity contribution in [3.8, 4) is 0 Å². The average Bonchev–Trinajstić information content (AvgIpc) is 2.60. The fourth-order valence-electron chi connectivity index (χ4n) is 1.68. The van der Waals surface area contributed by atoms with Crippen molar-refractivity contribution in [3.05, 3.63) is 29.6 Å². The standard InChI is InChI=1S/C11H16N4.ClH/c12-5-3-8-1-2-9-10(7-8)15-11(14-9)4-6-13;/h1-2,7H,3-6,12-13H2,(H,14,15);1H. The summed E-state index contributed by atoms with van der Waals surface area (Å²) in [6, 6.07) is 6.21. The number of imidazole rings is 1. The number of halogens is 1. The molecule has 0 atom stereocenters. The summed E-state index contributed by atoms with van der Waals surface area (Å²) in [5, 5.41) is 0. The van der Waals surface area contributed by atoms with Crippen LogP contribution in [0.2, 0.25) is 0 Å². The van der Waals surface area contributed by atoms with Crippen molar-refractivity contribution in [2.45, 2.75) is 12.8 Å². The van der Waals surface area contributed by atoms with E-state index >= 15 is 0 Å². The fourth-order valence-corrected chi connectivity index (χ4v) is 1.68. The van der Waals surface area contributed by atoms with E-state index in [4.69, 9.17) is 11.5 Å². The smallest absolute Gasteiger partial charge is 0.108 e. The van der Waals surface area contributed by atoms with Gasteiger partial charge < -0.3 is 16.5 Å². The second-order valence-electron chi connectivity index (χ2n) is 3.61. The van der Waals surface area contributed by atoms with Gasteiger partial charge in [0.15, 0.2) is 0 Å². The van der Waals surface area contributed by atoms with Gasteiger partial charge in [0.2, 0.25) is 0 Å². The molecule has 0 aliphatic carbocycles. The normalized spacial score (nSPS) is 10.4. The summed E-state index contributed by atoms with van der Waals surface area (Å²) in [4.78, 5) is 7.71. The Morgan fingerprint density at radius 1 is 1.12 bits per heavy atom. The number of rotatable bonds is 4. The van der Waals surface area contributed by atoms with Gasteiger partial charge in [-0.3, -0.25) is 0 Å². The molecule has 2 aromatic rings. The van der Waals surface area contributed by atoms with Gasteiger partial charge in [-0.15, -0.1) is 12.4 Å². The second kappa shape index (κ2) is 5.84. The minimum atomic E-state index is 0. The highest BCUT2D eigenvalue weighted by atomic mass is 35.5. The van der Waals surface area contributed by atoms with Crippen LogP contribution in [0.3, 0.4) is 0 Å². The summed E-state index contributed by atoms with van der Waals surface area (Å²) in [7, 11) is 0. The van der Waals surface area contributed by atoms with E-state index in [9.17, 15) is 0 Å². The minimum Gasteiger partial charge on any atom is -0.342 e. The summed E-state index contributed by atoms with van der Waals surface area (Å²) in [5.41, 5.74) is 14.3. The lowest BCUT2D eigenvalue weighted by molar-refractivity contribution is 0.900. The summed E-state index contributed by atoms with van der Waals surface area (Å²) in [6.45, 7) is 1.29. The van der Waals surface area contributed by atoms with Crippen LogP contribution in [0, 0.1) is 0 Å². The van der Waals surface area contributed by atoms with Crippen molar-refractivity contribution >= 4 is 23.4 Å². The number of hydrogen-bond donors (Lipinski definition) is 3. The molecule has 0 unspecified atom stereocenters. The largest absolute Gasteiger partial charge is 0.342 e. The molecular weight excluding hydrogens is 224 g/mol. The molecule has 0 radical (unpaired) electrons. The molecule has 0 amide bonds. The van der Waals surface area contributed by atoms with Gasteiger partial charge in [0.05, 0.1) is 11.0 Å². The molecule has 16 heavy (non-hydrogen) atoms. The Morgan fingerprint density at radius 2 is 1.88 bits per heavy atom. The van der Waals surface area contributed by atoms with E-state index in [1.54, 1.807) is 0 Å². The van der Waals surface area contributed by atoms with E-state index < -0.39 is 0 Å². The van der Waals surface area contributed by atoms with Gasteiger partial charge in [-0.2, -0.15) is 0 Å². The number of aromatic nitrogens is 2. The molecule has 0 aliphatic rings. The Balaban J connectivity index is 0.00000128. The predicted molar refractivity (Wildman–Crippen MR) is 68.9 cm³/mol. The van der Waals surface area contributed by atoms with Crippen LogP contribution in [0.4, 0.5) is 0 Å².